The van der Waals surface area contributed by atoms with Crippen molar-refractivity contribution in [2.45, 2.75) is 57.1 Å². The van der Waals surface area contributed by atoms with Gasteiger partial charge in [-0.2, -0.15) is 10.4 Å². The van der Waals surface area contributed by atoms with Gasteiger partial charge in [0.05, 0.1) is 17.4 Å². The summed E-state index contributed by atoms with van der Waals surface area (Å²) in [5.74, 6) is -1.58. The van der Waals surface area contributed by atoms with Gasteiger partial charge in [-0.1, -0.05) is 0 Å². The molecule has 1 saturated carbocycles. The van der Waals surface area contributed by atoms with E-state index in [2.05, 4.69) is 20.4 Å². The molecule has 0 bridgehead atoms. The Morgan fingerprint density at radius 3 is 2.69 bits per heavy atom. The molecule has 0 amide bonds. The van der Waals surface area contributed by atoms with E-state index >= 15 is 0 Å². The van der Waals surface area contributed by atoms with Gasteiger partial charge in [0.15, 0.2) is 5.82 Å². The highest BCUT2D eigenvalue weighted by Crippen LogP contribution is 2.34. The minimum absolute atomic E-state index is 0.109. The molecule has 2 N–H and O–H groups in total. The molecule has 0 radical (unpaired) electrons. The molecule has 0 aromatic carbocycles. The Morgan fingerprint density at radius 2 is 2.06 bits per heavy atom. The van der Waals surface area contributed by atoms with Gasteiger partial charge < -0.3 is 10.4 Å². The summed E-state index contributed by atoms with van der Waals surface area (Å²) in [6.07, 6.45) is 3.04. The molecular formula is C23H24F2N6O. The standard InChI is InChI=1S/C23H24F2N6O/c1-15-6-9-31(30-15)22-11-17(20(32)12-19-3-2-16(13-26)14-27-19)10-21(29-22)28-18-4-7-23(24,25)8-5-18/h2-3,6,9-11,14,18,20,32H,4-5,7-8,12H2,1H3,(H,28,29). The molecular weight excluding hydrogens is 414 g/mol. The van der Waals surface area contributed by atoms with Crippen molar-refractivity contribution in [1.82, 2.24) is 19.7 Å². The van der Waals surface area contributed by atoms with Gasteiger partial charge in [-0.3, -0.25) is 4.98 Å². The third-order valence-corrected chi connectivity index (χ3v) is 5.60. The monoisotopic (exact) mass is 438 g/mol. The molecule has 0 saturated heterocycles. The zero-order valence-corrected chi connectivity index (χ0v) is 17.7. The molecule has 1 unspecified atom stereocenters. The summed E-state index contributed by atoms with van der Waals surface area (Å²) in [6, 6.07) is 10.6. The molecule has 3 aromatic heterocycles. The number of hydrogen-bond donors (Lipinski definition) is 2. The lowest BCUT2D eigenvalue weighted by Crippen LogP contribution is -2.32. The molecule has 0 aliphatic heterocycles. The summed E-state index contributed by atoms with van der Waals surface area (Å²) in [5, 5.41) is 27.5. The third kappa shape index (κ3) is 5.26. The number of aromatic nitrogens is 4. The number of pyridine rings is 2. The minimum atomic E-state index is -2.60. The van der Waals surface area contributed by atoms with Gasteiger partial charge in [0.2, 0.25) is 5.92 Å². The van der Waals surface area contributed by atoms with Gasteiger partial charge in [0.25, 0.3) is 0 Å². The van der Waals surface area contributed by atoms with Crippen molar-refractivity contribution in [2.75, 3.05) is 5.32 Å². The number of nitriles is 1. The lowest BCUT2D eigenvalue weighted by Gasteiger charge is -2.29. The van der Waals surface area contributed by atoms with E-state index in [1.54, 1.807) is 35.1 Å². The molecule has 3 aromatic rings. The van der Waals surface area contributed by atoms with Crippen LogP contribution in [0.5, 0.6) is 0 Å². The van der Waals surface area contributed by atoms with Gasteiger partial charge in [-0.25, -0.2) is 18.4 Å². The van der Waals surface area contributed by atoms with Gasteiger partial charge in [-0.15, -0.1) is 0 Å². The van der Waals surface area contributed by atoms with Crippen molar-refractivity contribution >= 4 is 5.82 Å². The first-order valence-electron chi connectivity index (χ1n) is 10.5. The topological polar surface area (TPSA) is 99.7 Å². The number of aryl methyl sites for hydroxylation is 1. The molecule has 7 nitrogen and oxygen atoms in total. The van der Waals surface area contributed by atoms with Crippen LogP contribution in [0.4, 0.5) is 14.6 Å². The number of aliphatic hydroxyl groups is 1. The van der Waals surface area contributed by atoms with Gasteiger partial charge in [-0.05, 0) is 55.7 Å². The van der Waals surface area contributed by atoms with E-state index in [1.807, 2.05) is 19.1 Å². The van der Waals surface area contributed by atoms with Crippen LogP contribution in [0, 0.1) is 18.3 Å². The fourth-order valence-electron chi connectivity index (χ4n) is 3.78. The number of nitrogens with zero attached hydrogens (tertiary/aromatic N) is 5. The lowest BCUT2D eigenvalue weighted by molar-refractivity contribution is -0.0361. The van der Waals surface area contributed by atoms with Crippen LogP contribution in [0.25, 0.3) is 5.82 Å². The van der Waals surface area contributed by atoms with Gasteiger partial charge in [0.1, 0.15) is 11.9 Å². The van der Waals surface area contributed by atoms with Crippen molar-refractivity contribution in [1.29, 1.82) is 5.26 Å². The van der Waals surface area contributed by atoms with Crippen molar-refractivity contribution < 1.29 is 13.9 Å². The van der Waals surface area contributed by atoms with Crippen LogP contribution < -0.4 is 5.32 Å². The molecule has 32 heavy (non-hydrogen) atoms. The van der Waals surface area contributed by atoms with Crippen molar-refractivity contribution in [3.05, 3.63) is 65.2 Å². The second-order valence-electron chi connectivity index (χ2n) is 8.19. The van der Waals surface area contributed by atoms with E-state index in [0.29, 0.717) is 41.3 Å². The highest BCUT2D eigenvalue weighted by atomic mass is 19.3. The second kappa shape index (κ2) is 9.01. The number of nitrogens with one attached hydrogen (secondary N) is 1. The molecule has 1 fully saturated rings. The van der Waals surface area contributed by atoms with Crippen LogP contribution in [0.3, 0.4) is 0 Å². The molecule has 9 heteroatoms. The van der Waals surface area contributed by atoms with E-state index < -0.39 is 12.0 Å². The van der Waals surface area contributed by atoms with Crippen LogP contribution in [0.2, 0.25) is 0 Å². The molecule has 0 spiro atoms. The summed E-state index contributed by atoms with van der Waals surface area (Å²) in [5.41, 5.74) is 2.53. The molecule has 4 rings (SSSR count). The number of alkyl halides is 2. The lowest BCUT2D eigenvalue weighted by atomic mass is 9.92. The van der Waals surface area contributed by atoms with Crippen molar-refractivity contribution in [3.63, 3.8) is 0 Å². The Hall–Kier alpha value is -3.38. The Bertz CT molecular complexity index is 1110. The number of halogens is 2. The molecule has 1 aliphatic rings. The summed E-state index contributed by atoms with van der Waals surface area (Å²) in [7, 11) is 0. The van der Waals surface area contributed by atoms with Crippen LogP contribution in [-0.2, 0) is 6.42 Å². The smallest absolute Gasteiger partial charge is 0.248 e. The van der Waals surface area contributed by atoms with Crippen molar-refractivity contribution in [3.8, 4) is 11.9 Å². The van der Waals surface area contributed by atoms with Crippen LogP contribution in [0.15, 0.2) is 42.7 Å². The molecule has 166 valence electrons. The zero-order chi connectivity index (χ0) is 22.7. The van der Waals surface area contributed by atoms with E-state index in [4.69, 9.17) is 5.26 Å². The van der Waals surface area contributed by atoms with E-state index in [0.717, 1.165) is 5.69 Å². The Kier molecular flexibility index (Phi) is 6.15. The Balaban J connectivity index is 1.58. The summed E-state index contributed by atoms with van der Waals surface area (Å²) >= 11 is 0. The third-order valence-electron chi connectivity index (χ3n) is 5.60. The molecule has 3 heterocycles. The normalized spacial score (nSPS) is 17.0. The number of rotatable bonds is 6. The Labute approximate surface area is 184 Å². The predicted octanol–water partition coefficient (Wildman–Crippen LogP) is 4.11. The van der Waals surface area contributed by atoms with Gasteiger partial charge in [0, 0.05) is 43.4 Å². The fourth-order valence-corrected chi connectivity index (χ4v) is 3.78. The number of anilines is 1. The Morgan fingerprint density at radius 1 is 1.28 bits per heavy atom. The van der Waals surface area contributed by atoms with Crippen LogP contribution in [0.1, 0.15) is 54.3 Å². The highest BCUT2D eigenvalue weighted by Gasteiger charge is 2.35. The van der Waals surface area contributed by atoms with E-state index in [1.165, 1.54) is 6.20 Å². The SMILES string of the molecule is Cc1ccn(-c2cc(C(O)Cc3ccc(C#N)cn3)cc(NC3CCC(F)(F)CC3)n2)n1. The minimum Gasteiger partial charge on any atom is -0.388 e. The van der Waals surface area contributed by atoms with Crippen molar-refractivity contribution in [2.24, 2.45) is 0 Å². The maximum atomic E-state index is 13.5. The first-order valence-corrected chi connectivity index (χ1v) is 10.5. The summed E-state index contributed by atoms with van der Waals surface area (Å²) in [4.78, 5) is 8.82. The van der Waals surface area contributed by atoms with Crippen LogP contribution >= 0.6 is 0 Å². The van der Waals surface area contributed by atoms with Gasteiger partial charge >= 0.3 is 0 Å². The molecule has 1 atom stereocenters. The maximum Gasteiger partial charge on any atom is 0.248 e. The fraction of sp³-hybridized carbons (Fsp3) is 0.391. The largest absolute Gasteiger partial charge is 0.388 e. The average molecular weight is 438 g/mol. The van der Waals surface area contributed by atoms with Crippen LogP contribution in [-0.4, -0.2) is 36.8 Å². The van der Waals surface area contributed by atoms with E-state index in [-0.39, 0.29) is 25.3 Å². The zero-order valence-electron chi connectivity index (χ0n) is 17.7. The quantitative estimate of drug-likeness (QED) is 0.601. The second-order valence-corrected chi connectivity index (χ2v) is 8.19. The maximum absolute atomic E-state index is 13.5. The first kappa shape index (κ1) is 21.8. The summed E-state index contributed by atoms with van der Waals surface area (Å²) in [6.45, 7) is 1.87. The first-order chi connectivity index (χ1) is 15.3. The van der Waals surface area contributed by atoms with E-state index in [9.17, 15) is 13.9 Å². The molecule has 1 aliphatic carbocycles. The number of hydrogen-bond acceptors (Lipinski definition) is 6. The average Bonchev–Trinajstić information content (AvgIpc) is 3.22. The summed E-state index contributed by atoms with van der Waals surface area (Å²) < 4.78 is 28.7. The highest BCUT2D eigenvalue weighted by molar-refractivity contribution is 5.46. The predicted molar refractivity (Wildman–Crippen MR) is 115 cm³/mol. The number of aliphatic hydroxyl groups excluding tert-OH is 1.